The minimum Gasteiger partial charge on any atom is -0.263 e. The zero-order chi connectivity index (χ0) is 16.4. The van der Waals surface area contributed by atoms with Crippen molar-refractivity contribution < 1.29 is 14.4 Å². The quantitative estimate of drug-likeness (QED) is 0.630. The van der Waals surface area contributed by atoms with E-state index in [9.17, 15) is 14.4 Å². The van der Waals surface area contributed by atoms with E-state index in [0.29, 0.717) is 13.0 Å². The number of nitrogens with zero attached hydrogens (tertiary/aromatic N) is 2. The second-order valence-corrected chi connectivity index (χ2v) is 5.62. The van der Waals surface area contributed by atoms with Gasteiger partial charge in [-0.25, -0.2) is 4.79 Å². The maximum atomic E-state index is 12.4. The zero-order valence-electron chi connectivity index (χ0n) is 13.0. The van der Waals surface area contributed by atoms with Gasteiger partial charge < -0.3 is 0 Å². The molecule has 3 rings (SSSR count). The van der Waals surface area contributed by atoms with E-state index in [-0.39, 0.29) is 6.54 Å². The van der Waals surface area contributed by atoms with Crippen LogP contribution in [-0.4, -0.2) is 34.2 Å². The van der Waals surface area contributed by atoms with E-state index in [2.05, 4.69) is 0 Å². The molecule has 2 aromatic carbocycles. The molecule has 0 unspecified atom stereocenters. The van der Waals surface area contributed by atoms with E-state index >= 15 is 0 Å². The van der Waals surface area contributed by atoms with Crippen LogP contribution in [-0.2, 0) is 16.1 Å². The molecule has 1 aliphatic rings. The summed E-state index contributed by atoms with van der Waals surface area (Å²) in [5.74, 6) is -1.46. The Kier molecular flexibility index (Phi) is 4.10. The Bertz CT molecular complexity index is 779. The maximum absolute atomic E-state index is 12.4. The lowest BCUT2D eigenvalue weighted by Crippen LogP contribution is -2.33. The van der Waals surface area contributed by atoms with E-state index in [1.165, 1.54) is 0 Å². The third-order valence-electron chi connectivity index (χ3n) is 4.08. The molecule has 118 valence electrons. The summed E-state index contributed by atoms with van der Waals surface area (Å²) in [6.07, 6.45) is 1.56. The summed E-state index contributed by atoms with van der Waals surface area (Å²) < 4.78 is 0. The highest BCUT2D eigenvalue weighted by molar-refractivity contribution is 6.44. The number of hydrogen-bond donors (Lipinski definition) is 0. The molecule has 1 fully saturated rings. The second kappa shape index (κ2) is 6.20. The van der Waals surface area contributed by atoms with E-state index < -0.39 is 17.8 Å². The Morgan fingerprint density at radius 2 is 1.57 bits per heavy atom. The van der Waals surface area contributed by atoms with Crippen LogP contribution in [0.25, 0.3) is 10.8 Å². The largest absolute Gasteiger partial charge is 0.334 e. The standard InChI is InChI=1S/C18H18N2O3/c1-2-3-11-19-16(21)17(22)20(18(19)23)12-14-9-6-8-13-7-4-5-10-15(13)14/h4-10H,2-3,11-12H2,1H3. The van der Waals surface area contributed by atoms with E-state index in [1.807, 2.05) is 49.4 Å². The van der Waals surface area contributed by atoms with Gasteiger partial charge in [-0.2, -0.15) is 0 Å². The molecular weight excluding hydrogens is 292 g/mol. The molecule has 0 spiro atoms. The smallest absolute Gasteiger partial charge is 0.263 e. The van der Waals surface area contributed by atoms with Crippen molar-refractivity contribution in [3.05, 3.63) is 48.0 Å². The fourth-order valence-electron chi connectivity index (χ4n) is 2.80. The minimum absolute atomic E-state index is 0.118. The van der Waals surface area contributed by atoms with Crippen molar-refractivity contribution in [2.45, 2.75) is 26.3 Å². The highest BCUT2D eigenvalue weighted by Gasteiger charge is 2.43. The number of rotatable bonds is 5. The predicted molar refractivity (Wildman–Crippen MR) is 86.5 cm³/mol. The molecule has 1 saturated heterocycles. The minimum atomic E-state index is -0.737. The average Bonchev–Trinajstić information content (AvgIpc) is 2.77. The number of amides is 4. The van der Waals surface area contributed by atoms with Crippen LogP contribution in [0.3, 0.4) is 0 Å². The third-order valence-corrected chi connectivity index (χ3v) is 4.08. The molecule has 0 aromatic heterocycles. The Morgan fingerprint density at radius 1 is 0.870 bits per heavy atom. The van der Waals surface area contributed by atoms with Crippen LogP contribution in [0, 0.1) is 0 Å². The second-order valence-electron chi connectivity index (χ2n) is 5.62. The normalized spacial score (nSPS) is 15.1. The highest BCUT2D eigenvalue weighted by atomic mass is 16.2. The summed E-state index contributed by atoms with van der Waals surface area (Å²) in [4.78, 5) is 38.6. The third kappa shape index (κ3) is 2.70. The maximum Gasteiger partial charge on any atom is 0.334 e. The van der Waals surface area contributed by atoms with Crippen molar-refractivity contribution in [3.63, 3.8) is 0 Å². The number of carbonyl (C=O) groups excluding carboxylic acids is 3. The summed E-state index contributed by atoms with van der Waals surface area (Å²) in [6, 6.07) is 13.0. The summed E-state index contributed by atoms with van der Waals surface area (Å²) in [5.41, 5.74) is 0.856. The first kappa shape index (κ1) is 15.2. The lowest BCUT2D eigenvalue weighted by Gasteiger charge is -2.16. The molecule has 0 bridgehead atoms. The van der Waals surface area contributed by atoms with E-state index in [1.54, 1.807) is 0 Å². The Balaban J connectivity index is 1.88. The summed E-state index contributed by atoms with van der Waals surface area (Å²) >= 11 is 0. The van der Waals surface area contributed by atoms with Crippen LogP contribution in [0.2, 0.25) is 0 Å². The highest BCUT2D eigenvalue weighted by Crippen LogP contribution is 2.23. The van der Waals surface area contributed by atoms with Crippen LogP contribution in [0.15, 0.2) is 42.5 Å². The van der Waals surface area contributed by atoms with Gasteiger partial charge in [0.2, 0.25) is 0 Å². The SMILES string of the molecule is CCCCN1C(=O)C(=O)N(Cc2cccc3ccccc23)C1=O. The van der Waals surface area contributed by atoms with Crippen molar-refractivity contribution in [2.75, 3.05) is 6.54 Å². The van der Waals surface area contributed by atoms with Gasteiger partial charge in [-0.3, -0.25) is 19.4 Å². The van der Waals surface area contributed by atoms with Crippen LogP contribution in [0.5, 0.6) is 0 Å². The lowest BCUT2D eigenvalue weighted by molar-refractivity contribution is -0.143. The summed E-state index contributed by atoms with van der Waals surface area (Å²) in [5, 5.41) is 2.02. The lowest BCUT2D eigenvalue weighted by atomic mass is 10.0. The Labute approximate surface area is 134 Å². The first-order valence-corrected chi connectivity index (χ1v) is 7.77. The van der Waals surface area contributed by atoms with Gasteiger partial charge in [0.15, 0.2) is 0 Å². The molecule has 0 N–H and O–H groups in total. The number of imide groups is 2. The molecule has 0 atom stereocenters. The van der Waals surface area contributed by atoms with Crippen molar-refractivity contribution >= 4 is 28.6 Å². The molecule has 23 heavy (non-hydrogen) atoms. The molecule has 5 nitrogen and oxygen atoms in total. The predicted octanol–water partition coefficient (Wildman–Crippen LogP) is 2.93. The number of benzene rings is 2. The summed E-state index contributed by atoms with van der Waals surface area (Å²) in [7, 11) is 0. The van der Waals surface area contributed by atoms with Crippen molar-refractivity contribution in [1.82, 2.24) is 9.80 Å². The number of hydrogen-bond acceptors (Lipinski definition) is 3. The van der Waals surface area contributed by atoms with Gasteiger partial charge >= 0.3 is 17.8 Å². The van der Waals surface area contributed by atoms with E-state index in [4.69, 9.17) is 0 Å². The topological polar surface area (TPSA) is 57.7 Å². The molecule has 0 saturated carbocycles. The molecule has 5 heteroatoms. The van der Waals surface area contributed by atoms with Gasteiger partial charge in [0, 0.05) is 6.54 Å². The van der Waals surface area contributed by atoms with Crippen LogP contribution in [0.4, 0.5) is 4.79 Å². The fraction of sp³-hybridized carbons (Fsp3) is 0.278. The Morgan fingerprint density at radius 3 is 2.35 bits per heavy atom. The molecule has 0 aliphatic carbocycles. The monoisotopic (exact) mass is 310 g/mol. The number of carbonyl (C=O) groups is 3. The number of fused-ring (bicyclic) bond motifs is 1. The first-order chi connectivity index (χ1) is 11.1. The van der Waals surface area contributed by atoms with Crippen LogP contribution < -0.4 is 0 Å². The van der Waals surface area contributed by atoms with Gasteiger partial charge in [-0.05, 0) is 22.8 Å². The summed E-state index contributed by atoms with van der Waals surface area (Å²) in [6.45, 7) is 2.39. The number of urea groups is 1. The van der Waals surface area contributed by atoms with Crippen molar-refractivity contribution in [3.8, 4) is 0 Å². The average molecular weight is 310 g/mol. The van der Waals surface area contributed by atoms with Crippen molar-refractivity contribution in [1.29, 1.82) is 0 Å². The molecule has 1 aliphatic heterocycles. The molecule has 1 heterocycles. The molecule has 0 radical (unpaired) electrons. The van der Waals surface area contributed by atoms with Gasteiger partial charge in [-0.15, -0.1) is 0 Å². The first-order valence-electron chi connectivity index (χ1n) is 7.77. The zero-order valence-corrected chi connectivity index (χ0v) is 13.0. The number of unbranched alkanes of at least 4 members (excludes halogenated alkanes) is 1. The van der Waals surface area contributed by atoms with Gasteiger partial charge in [0.05, 0.1) is 6.54 Å². The van der Waals surface area contributed by atoms with Gasteiger partial charge in [0.1, 0.15) is 0 Å². The van der Waals surface area contributed by atoms with Crippen LogP contribution in [0.1, 0.15) is 25.3 Å². The van der Waals surface area contributed by atoms with Crippen molar-refractivity contribution in [2.24, 2.45) is 0 Å². The van der Waals surface area contributed by atoms with Gasteiger partial charge in [-0.1, -0.05) is 55.8 Å². The van der Waals surface area contributed by atoms with E-state index in [0.717, 1.165) is 32.6 Å². The molecular formula is C18H18N2O3. The van der Waals surface area contributed by atoms with Crippen LogP contribution >= 0.6 is 0 Å². The Hall–Kier alpha value is -2.69. The molecule has 2 aromatic rings. The molecule has 4 amide bonds. The fourth-order valence-corrected chi connectivity index (χ4v) is 2.80. The van der Waals surface area contributed by atoms with Gasteiger partial charge in [0.25, 0.3) is 0 Å².